The van der Waals surface area contributed by atoms with E-state index in [-0.39, 0.29) is 11.2 Å². The first-order valence-electron chi connectivity index (χ1n) is 7.66. The Bertz CT molecular complexity index is 858. The van der Waals surface area contributed by atoms with Crippen LogP contribution < -0.4 is 5.32 Å². The molecule has 5 heteroatoms. The molecule has 2 nitrogen and oxygen atoms in total. The highest BCUT2D eigenvalue weighted by Gasteiger charge is 2.22. The number of thioether (sulfide) groups is 1. The van der Waals surface area contributed by atoms with Gasteiger partial charge in [-0.15, -0.1) is 11.8 Å². The third-order valence-corrected chi connectivity index (χ3v) is 6.02. The maximum absolute atomic E-state index is 12.9. The van der Waals surface area contributed by atoms with Crippen LogP contribution in [0.4, 0.5) is 5.69 Å². The van der Waals surface area contributed by atoms with Crippen LogP contribution in [0.2, 0.25) is 5.02 Å². The zero-order valence-electron chi connectivity index (χ0n) is 13.2. The fraction of sp³-hybridized carbons (Fsp3) is 0.0500. The molecule has 0 spiro atoms. The molecule has 0 aliphatic heterocycles. The zero-order chi connectivity index (χ0) is 17.6. The molecule has 3 aromatic rings. The summed E-state index contributed by atoms with van der Waals surface area (Å²) in [5, 5.41) is 3.17. The second-order valence-electron chi connectivity index (χ2n) is 5.34. The molecule has 0 heterocycles. The summed E-state index contributed by atoms with van der Waals surface area (Å²) in [5.41, 5.74) is 1.63. The second-order valence-corrected chi connectivity index (χ2v) is 7.78. The van der Waals surface area contributed by atoms with Crippen LogP contribution >= 0.6 is 39.3 Å². The van der Waals surface area contributed by atoms with E-state index in [0.717, 1.165) is 14.9 Å². The number of halogens is 2. The fourth-order valence-corrected chi connectivity index (χ4v) is 3.79. The molecule has 1 unspecified atom stereocenters. The molecule has 0 aliphatic carbocycles. The van der Waals surface area contributed by atoms with Gasteiger partial charge in [0.1, 0.15) is 5.25 Å². The zero-order valence-corrected chi connectivity index (χ0v) is 16.3. The summed E-state index contributed by atoms with van der Waals surface area (Å²) >= 11 is 11.0. The van der Waals surface area contributed by atoms with Gasteiger partial charge in [-0.25, -0.2) is 0 Å². The van der Waals surface area contributed by atoms with Crippen LogP contribution in [0.15, 0.2) is 88.2 Å². The highest BCUT2D eigenvalue weighted by atomic mass is 79.9. The Kier molecular flexibility index (Phi) is 6.19. The second kappa shape index (κ2) is 8.56. The van der Waals surface area contributed by atoms with E-state index in [1.807, 2.05) is 72.8 Å². The minimum absolute atomic E-state index is 0.0848. The summed E-state index contributed by atoms with van der Waals surface area (Å²) in [6.07, 6.45) is 0. The fourth-order valence-electron chi connectivity index (χ4n) is 2.32. The molecule has 0 fully saturated rings. The van der Waals surface area contributed by atoms with Crippen molar-refractivity contribution in [2.75, 3.05) is 5.32 Å². The molecular formula is C20H15BrClNOS. The van der Waals surface area contributed by atoms with Crippen molar-refractivity contribution in [3.63, 3.8) is 0 Å². The Morgan fingerprint density at radius 1 is 0.960 bits per heavy atom. The van der Waals surface area contributed by atoms with Gasteiger partial charge in [-0.1, -0.05) is 60.1 Å². The number of hydrogen-bond donors (Lipinski definition) is 1. The lowest BCUT2D eigenvalue weighted by atomic mass is 10.1. The van der Waals surface area contributed by atoms with Gasteiger partial charge in [0.15, 0.2) is 0 Å². The van der Waals surface area contributed by atoms with E-state index in [0.29, 0.717) is 10.7 Å². The molecule has 126 valence electrons. The molecular weight excluding hydrogens is 418 g/mol. The van der Waals surface area contributed by atoms with Crippen molar-refractivity contribution in [2.24, 2.45) is 0 Å². The smallest absolute Gasteiger partial charge is 0.242 e. The van der Waals surface area contributed by atoms with Crippen molar-refractivity contribution in [3.05, 3.63) is 93.9 Å². The lowest BCUT2D eigenvalue weighted by molar-refractivity contribution is -0.115. The van der Waals surface area contributed by atoms with Crippen molar-refractivity contribution >= 4 is 50.9 Å². The number of nitrogens with one attached hydrogen (secondary N) is 1. The Morgan fingerprint density at radius 2 is 1.60 bits per heavy atom. The van der Waals surface area contributed by atoms with E-state index in [2.05, 4.69) is 21.2 Å². The van der Waals surface area contributed by atoms with E-state index in [4.69, 9.17) is 11.6 Å². The number of rotatable bonds is 5. The minimum Gasteiger partial charge on any atom is -0.325 e. The van der Waals surface area contributed by atoms with Crippen LogP contribution in [0.3, 0.4) is 0 Å². The Labute approximate surface area is 164 Å². The summed E-state index contributed by atoms with van der Waals surface area (Å²) in [7, 11) is 0. The summed E-state index contributed by atoms with van der Waals surface area (Å²) in [6, 6.07) is 25.1. The molecule has 0 aromatic heterocycles. The van der Waals surface area contributed by atoms with Crippen molar-refractivity contribution < 1.29 is 4.79 Å². The molecule has 25 heavy (non-hydrogen) atoms. The first-order valence-corrected chi connectivity index (χ1v) is 9.71. The molecule has 0 radical (unpaired) electrons. The van der Waals surface area contributed by atoms with Crippen LogP contribution in [0.25, 0.3) is 0 Å². The Balaban J connectivity index is 1.85. The summed E-state index contributed by atoms with van der Waals surface area (Å²) < 4.78 is 0.797. The topological polar surface area (TPSA) is 29.1 Å². The molecule has 0 bridgehead atoms. The van der Waals surface area contributed by atoms with E-state index in [1.165, 1.54) is 11.8 Å². The summed E-state index contributed by atoms with van der Waals surface area (Å²) in [4.78, 5) is 14.0. The van der Waals surface area contributed by atoms with E-state index in [1.54, 1.807) is 6.07 Å². The number of carbonyl (C=O) groups excluding carboxylic acids is 1. The molecule has 3 rings (SSSR count). The first kappa shape index (κ1) is 18.1. The van der Waals surface area contributed by atoms with Crippen LogP contribution in [0, 0.1) is 0 Å². The number of benzene rings is 3. The van der Waals surface area contributed by atoms with Crippen LogP contribution in [0.5, 0.6) is 0 Å². The van der Waals surface area contributed by atoms with Crippen molar-refractivity contribution in [3.8, 4) is 0 Å². The van der Waals surface area contributed by atoms with E-state index < -0.39 is 0 Å². The van der Waals surface area contributed by atoms with Crippen molar-refractivity contribution in [1.29, 1.82) is 0 Å². The van der Waals surface area contributed by atoms with Crippen LogP contribution in [-0.4, -0.2) is 5.91 Å². The molecule has 0 aliphatic rings. The van der Waals surface area contributed by atoms with Crippen LogP contribution in [-0.2, 0) is 4.79 Å². The summed E-state index contributed by atoms with van der Waals surface area (Å²) in [6.45, 7) is 0. The van der Waals surface area contributed by atoms with Gasteiger partial charge in [-0.3, -0.25) is 4.79 Å². The third kappa shape index (κ3) is 4.88. The molecule has 1 N–H and O–H groups in total. The van der Waals surface area contributed by atoms with Gasteiger partial charge in [0.2, 0.25) is 5.91 Å². The highest BCUT2D eigenvalue weighted by Crippen LogP contribution is 2.36. The van der Waals surface area contributed by atoms with E-state index in [9.17, 15) is 4.79 Å². The standard InChI is InChI=1S/C20H15BrClNOS/c21-17-12-11-15(13-18(17)22)23-20(24)19(14-7-3-1-4-8-14)25-16-9-5-2-6-10-16/h1-13,19H,(H,23,24). The van der Waals surface area contributed by atoms with Gasteiger partial charge in [-0.05, 0) is 51.8 Å². The van der Waals surface area contributed by atoms with Gasteiger partial charge in [-0.2, -0.15) is 0 Å². The number of amides is 1. The molecule has 1 amide bonds. The number of hydrogen-bond acceptors (Lipinski definition) is 2. The first-order chi connectivity index (χ1) is 12.1. The Hall–Kier alpha value is -1.75. The Morgan fingerprint density at radius 3 is 2.24 bits per heavy atom. The van der Waals surface area contributed by atoms with Crippen molar-refractivity contribution in [2.45, 2.75) is 10.1 Å². The lowest BCUT2D eigenvalue weighted by Crippen LogP contribution is -2.19. The summed E-state index contributed by atoms with van der Waals surface area (Å²) in [5.74, 6) is -0.0848. The lowest BCUT2D eigenvalue weighted by Gasteiger charge is -2.17. The number of carbonyl (C=O) groups is 1. The average Bonchev–Trinajstić information content (AvgIpc) is 2.64. The molecule has 0 saturated heterocycles. The van der Waals surface area contributed by atoms with E-state index >= 15 is 0 Å². The maximum atomic E-state index is 12.9. The van der Waals surface area contributed by atoms with Gasteiger partial charge < -0.3 is 5.32 Å². The third-order valence-electron chi connectivity index (χ3n) is 3.52. The number of anilines is 1. The quantitative estimate of drug-likeness (QED) is 0.462. The predicted octanol–water partition coefficient (Wildman–Crippen LogP) is 6.57. The SMILES string of the molecule is O=C(Nc1ccc(Br)c(Cl)c1)C(Sc1ccccc1)c1ccccc1. The predicted molar refractivity (Wildman–Crippen MR) is 109 cm³/mol. The monoisotopic (exact) mass is 431 g/mol. The molecule has 0 saturated carbocycles. The average molecular weight is 433 g/mol. The van der Waals surface area contributed by atoms with Gasteiger partial charge >= 0.3 is 0 Å². The van der Waals surface area contributed by atoms with Crippen molar-refractivity contribution in [1.82, 2.24) is 0 Å². The maximum Gasteiger partial charge on any atom is 0.242 e. The highest BCUT2D eigenvalue weighted by molar-refractivity contribution is 9.10. The normalized spacial score (nSPS) is 11.8. The minimum atomic E-state index is -0.356. The molecule has 1 atom stereocenters. The van der Waals surface area contributed by atoms with Gasteiger partial charge in [0.05, 0.1) is 5.02 Å². The van der Waals surface area contributed by atoms with Gasteiger partial charge in [0, 0.05) is 15.1 Å². The van der Waals surface area contributed by atoms with Crippen LogP contribution in [0.1, 0.15) is 10.8 Å². The van der Waals surface area contributed by atoms with Gasteiger partial charge in [0.25, 0.3) is 0 Å². The largest absolute Gasteiger partial charge is 0.325 e. The molecule has 3 aromatic carbocycles.